The Morgan fingerprint density at radius 1 is 0.282 bits per heavy atom. The Hall–Kier alpha value is -8.86. The van der Waals surface area contributed by atoms with Crippen molar-refractivity contribution in [3.63, 3.8) is 0 Å². The molecule has 0 unspecified atom stereocenters. The lowest BCUT2D eigenvalue weighted by atomic mass is 9.81. The van der Waals surface area contributed by atoms with Gasteiger partial charge in [0.15, 0.2) is 11.2 Å². The number of benzene rings is 11. The maximum atomic E-state index is 7.07. The quantitative estimate of drug-likeness (QED) is 0.101. The van der Waals surface area contributed by atoms with Crippen LogP contribution in [0.5, 0.6) is 0 Å². The Morgan fingerprint density at radius 3 is 1.08 bits per heavy atom. The first-order chi connectivity index (χ1) is 38.7. The fraction of sp³-hybridized carbons (Fsp3) is 0.162. The van der Waals surface area contributed by atoms with Crippen LogP contribution in [0, 0.1) is 0 Å². The summed E-state index contributed by atoms with van der Waals surface area (Å²) in [5.74, 6) is 0.958. The monoisotopic (exact) mass is 1010 g/mol. The van der Waals surface area contributed by atoms with E-state index in [1.54, 1.807) is 0 Å². The number of rotatable bonds is 10. The van der Waals surface area contributed by atoms with Crippen LogP contribution >= 0.6 is 0 Å². The van der Waals surface area contributed by atoms with E-state index < -0.39 is 0 Å². The highest BCUT2D eigenvalue weighted by atomic mass is 16.3. The third-order valence-electron chi connectivity index (χ3n) is 17.4. The molecule has 78 heavy (non-hydrogen) atoms. The van der Waals surface area contributed by atoms with Gasteiger partial charge >= 0.3 is 0 Å². The van der Waals surface area contributed by atoms with Crippen LogP contribution in [-0.2, 0) is 0 Å². The molecular formula is C74H60N2O2. The van der Waals surface area contributed by atoms with Crippen LogP contribution in [0.1, 0.15) is 87.2 Å². The second kappa shape index (κ2) is 19.6. The van der Waals surface area contributed by atoms with Gasteiger partial charge in [-0.15, -0.1) is 0 Å². The van der Waals surface area contributed by atoms with Gasteiger partial charge in [0, 0.05) is 54.5 Å². The molecule has 0 bridgehead atoms. The van der Waals surface area contributed by atoms with E-state index in [1.807, 2.05) is 0 Å². The topological polar surface area (TPSA) is 32.8 Å². The Morgan fingerprint density at radius 2 is 0.654 bits per heavy atom. The minimum atomic E-state index is 0.479. The molecule has 0 atom stereocenters. The van der Waals surface area contributed by atoms with Gasteiger partial charge in [-0.3, -0.25) is 0 Å². The van der Waals surface area contributed by atoms with Crippen LogP contribution in [0.15, 0.2) is 239 Å². The lowest BCUT2D eigenvalue weighted by Gasteiger charge is -2.34. The highest BCUT2D eigenvalue weighted by Gasteiger charge is 2.31. The first-order valence-electron chi connectivity index (χ1n) is 28.5. The molecule has 15 rings (SSSR count). The van der Waals surface area contributed by atoms with Gasteiger partial charge in [-0.1, -0.05) is 208 Å². The lowest BCUT2D eigenvalue weighted by molar-refractivity contribution is 0.444. The summed E-state index contributed by atoms with van der Waals surface area (Å²) in [7, 11) is 0. The minimum absolute atomic E-state index is 0.479. The zero-order chi connectivity index (χ0) is 51.5. The van der Waals surface area contributed by atoms with E-state index in [1.165, 1.54) is 119 Å². The van der Waals surface area contributed by atoms with Gasteiger partial charge in [0.25, 0.3) is 0 Å². The van der Waals surface area contributed by atoms with Crippen molar-refractivity contribution in [3.8, 4) is 22.3 Å². The molecule has 0 N–H and O–H groups in total. The second-order valence-corrected chi connectivity index (χ2v) is 22.0. The minimum Gasteiger partial charge on any atom is -0.454 e. The van der Waals surface area contributed by atoms with E-state index in [4.69, 9.17) is 8.83 Å². The van der Waals surface area contributed by atoms with Gasteiger partial charge < -0.3 is 18.6 Å². The highest BCUT2D eigenvalue weighted by Crippen LogP contribution is 2.55. The van der Waals surface area contributed by atoms with Crippen LogP contribution in [0.2, 0.25) is 0 Å². The Bertz CT molecular complexity index is 4050. The van der Waals surface area contributed by atoms with Gasteiger partial charge in [-0.05, 0) is 132 Å². The summed E-state index contributed by atoms with van der Waals surface area (Å²) in [4.78, 5) is 5.08. The third-order valence-corrected chi connectivity index (χ3v) is 17.4. The van der Waals surface area contributed by atoms with Crippen molar-refractivity contribution in [2.75, 3.05) is 9.80 Å². The third kappa shape index (κ3) is 8.04. The summed E-state index contributed by atoms with van der Waals surface area (Å²) in [6.45, 7) is 0. The zero-order valence-electron chi connectivity index (χ0n) is 43.9. The number of hydrogen-bond donors (Lipinski definition) is 0. The fourth-order valence-electron chi connectivity index (χ4n) is 13.5. The molecule has 2 fully saturated rings. The molecule has 4 nitrogen and oxygen atoms in total. The van der Waals surface area contributed by atoms with Crippen molar-refractivity contribution in [1.29, 1.82) is 0 Å². The molecule has 13 aromatic rings. The first kappa shape index (κ1) is 46.4. The number of para-hydroxylation sites is 4. The van der Waals surface area contributed by atoms with Gasteiger partial charge in [-0.25, -0.2) is 0 Å². The molecule has 2 aliphatic carbocycles. The molecule has 2 saturated carbocycles. The summed E-state index contributed by atoms with van der Waals surface area (Å²) in [6, 6.07) is 85.4. The predicted molar refractivity (Wildman–Crippen MR) is 328 cm³/mol. The predicted octanol–water partition coefficient (Wildman–Crippen LogP) is 22.2. The van der Waals surface area contributed by atoms with Crippen molar-refractivity contribution in [3.05, 3.63) is 242 Å². The normalized spacial score (nSPS) is 14.6. The average Bonchev–Trinajstić information content (AvgIpc) is 4.19. The standard InChI is InChI=1S/C74H60N2O2/c1-5-19-49(20-6-1)53-35-41-57(42-36-53)75(67-31-17-29-63-59-27-13-15-33-69(59)77-73(63)67)71-61-45-39-56(52-25-11-4-12-26-52)48-66(61)72(62-46-40-55(47-65(62)71)51-23-9-3-10-24-51)76(58-43-37-54(38-44-58)50-21-7-2-8-22-50)68-32-18-30-64-60-28-14-16-34-70(60)78-74(64)68/h1-2,5-8,13-22,27-48,51-52H,3-4,9-12,23-26H2. The SMILES string of the molecule is c1ccc(-c2ccc(N(c3c4ccc(C5CCCCC5)cc4c(N(c4ccc(-c5ccccc5)cc4)c4cccc5c4oc4ccccc45)c4ccc(C5CCCCC5)cc34)c3cccc4c3oc3ccccc34)cc2)cc1. The van der Waals surface area contributed by atoms with E-state index in [9.17, 15) is 0 Å². The molecule has 0 amide bonds. The van der Waals surface area contributed by atoms with E-state index >= 15 is 0 Å². The summed E-state index contributed by atoms with van der Waals surface area (Å²) in [5, 5.41) is 9.20. The van der Waals surface area contributed by atoms with Crippen LogP contribution < -0.4 is 9.80 Å². The number of furan rings is 2. The molecule has 0 radical (unpaired) electrons. The molecule has 2 heterocycles. The second-order valence-electron chi connectivity index (χ2n) is 22.0. The Labute approximate surface area is 455 Å². The molecular weight excluding hydrogens is 949 g/mol. The Kier molecular flexibility index (Phi) is 11.7. The van der Waals surface area contributed by atoms with Crippen molar-refractivity contribution in [2.24, 2.45) is 0 Å². The number of hydrogen-bond acceptors (Lipinski definition) is 4. The van der Waals surface area contributed by atoms with E-state index in [0.717, 1.165) is 78.0 Å². The maximum Gasteiger partial charge on any atom is 0.159 e. The molecule has 11 aromatic carbocycles. The highest BCUT2D eigenvalue weighted by molar-refractivity contribution is 6.25. The smallest absolute Gasteiger partial charge is 0.159 e. The van der Waals surface area contributed by atoms with Crippen LogP contribution in [-0.4, -0.2) is 0 Å². The molecule has 0 saturated heterocycles. The summed E-state index contributed by atoms with van der Waals surface area (Å²) in [5.41, 5.74) is 17.5. The summed E-state index contributed by atoms with van der Waals surface area (Å²) >= 11 is 0. The van der Waals surface area contributed by atoms with E-state index in [0.29, 0.717) is 11.8 Å². The number of anilines is 6. The zero-order valence-corrected chi connectivity index (χ0v) is 43.9. The van der Waals surface area contributed by atoms with E-state index in [-0.39, 0.29) is 0 Å². The lowest BCUT2D eigenvalue weighted by Crippen LogP contribution is -2.16. The average molecular weight is 1010 g/mol. The van der Waals surface area contributed by atoms with Crippen molar-refractivity contribution < 1.29 is 8.83 Å². The number of nitrogens with zero attached hydrogens (tertiary/aromatic N) is 2. The largest absolute Gasteiger partial charge is 0.454 e. The van der Waals surface area contributed by atoms with Gasteiger partial charge in [-0.2, -0.15) is 0 Å². The maximum absolute atomic E-state index is 7.07. The molecule has 4 heteroatoms. The molecule has 0 spiro atoms. The van der Waals surface area contributed by atoms with Crippen molar-refractivity contribution in [2.45, 2.75) is 76.0 Å². The van der Waals surface area contributed by atoms with Gasteiger partial charge in [0.05, 0.1) is 22.7 Å². The van der Waals surface area contributed by atoms with Gasteiger partial charge in [0.1, 0.15) is 11.2 Å². The summed E-state index contributed by atoms with van der Waals surface area (Å²) in [6.07, 6.45) is 12.4. The first-order valence-corrected chi connectivity index (χ1v) is 28.5. The van der Waals surface area contributed by atoms with Crippen LogP contribution in [0.4, 0.5) is 34.1 Å². The summed E-state index contributed by atoms with van der Waals surface area (Å²) < 4.78 is 14.1. The molecule has 2 aromatic heterocycles. The molecule has 2 aliphatic rings. The van der Waals surface area contributed by atoms with Crippen LogP contribution in [0.25, 0.3) is 87.7 Å². The molecule has 0 aliphatic heterocycles. The van der Waals surface area contributed by atoms with Crippen molar-refractivity contribution in [1.82, 2.24) is 0 Å². The Balaban J connectivity index is 1.08. The molecule has 378 valence electrons. The number of fused-ring (bicyclic) bond motifs is 8. The fourth-order valence-corrected chi connectivity index (χ4v) is 13.5. The van der Waals surface area contributed by atoms with E-state index in [2.05, 4.69) is 240 Å². The van der Waals surface area contributed by atoms with Crippen molar-refractivity contribution >= 4 is 99.5 Å². The van der Waals surface area contributed by atoms with Crippen LogP contribution in [0.3, 0.4) is 0 Å². The van der Waals surface area contributed by atoms with Gasteiger partial charge in [0.2, 0.25) is 0 Å².